The lowest BCUT2D eigenvalue weighted by Crippen LogP contribution is -2.41. The van der Waals surface area contributed by atoms with E-state index in [1.165, 1.54) is 32.1 Å². The molecular weight excluding hydrogens is 339 g/mol. The van der Waals surface area contributed by atoms with Crippen LogP contribution in [-0.4, -0.2) is 24.4 Å². The van der Waals surface area contributed by atoms with Crippen molar-refractivity contribution in [3.8, 4) is 0 Å². The Morgan fingerprint density at radius 2 is 1.68 bits per heavy atom. The first kappa shape index (κ1) is 20.7. The van der Waals surface area contributed by atoms with E-state index in [1.54, 1.807) is 12.1 Å². The predicted octanol–water partition coefficient (Wildman–Crippen LogP) is 3.97. The summed E-state index contributed by atoms with van der Waals surface area (Å²) < 4.78 is 26.5. The maximum atomic E-state index is 14.6. The molecule has 140 valence electrons. The lowest BCUT2D eigenvalue weighted by molar-refractivity contribution is 0.00578. The second-order valence-electron chi connectivity index (χ2n) is 8.16. The van der Waals surface area contributed by atoms with E-state index < -0.39 is 18.3 Å². The summed E-state index contributed by atoms with van der Waals surface area (Å²) >= 11 is 0. The Labute approximate surface area is 157 Å². The third-order valence-corrected chi connectivity index (χ3v) is 5.77. The maximum absolute atomic E-state index is 14.6. The second kappa shape index (κ2) is 7.95. The molecule has 1 heterocycles. The Balaban J connectivity index is 0.00000225. The molecule has 1 saturated carbocycles. The van der Waals surface area contributed by atoms with Gasteiger partial charge in [-0.15, -0.1) is 12.4 Å². The highest BCUT2D eigenvalue weighted by atomic mass is 35.5. The SMILES string of the molecule is CC1(C)OB(c2ccc(CNC3CCCCC3)cc2F)OC1(C)C.Cl. The van der Waals surface area contributed by atoms with Crippen LogP contribution in [0.4, 0.5) is 4.39 Å². The molecule has 1 aliphatic heterocycles. The fourth-order valence-corrected chi connectivity index (χ4v) is 3.41. The van der Waals surface area contributed by atoms with Crippen molar-refractivity contribution in [2.24, 2.45) is 0 Å². The topological polar surface area (TPSA) is 30.5 Å². The van der Waals surface area contributed by atoms with Crippen molar-refractivity contribution in [3.63, 3.8) is 0 Å². The molecule has 25 heavy (non-hydrogen) atoms. The molecule has 1 N–H and O–H groups in total. The predicted molar refractivity (Wildman–Crippen MR) is 103 cm³/mol. The Bertz CT molecular complexity index is 575. The van der Waals surface area contributed by atoms with Gasteiger partial charge in [0.2, 0.25) is 0 Å². The second-order valence-corrected chi connectivity index (χ2v) is 8.16. The zero-order valence-electron chi connectivity index (χ0n) is 15.7. The van der Waals surface area contributed by atoms with Crippen molar-refractivity contribution in [3.05, 3.63) is 29.6 Å². The molecule has 0 amide bonds. The zero-order valence-corrected chi connectivity index (χ0v) is 16.5. The zero-order chi connectivity index (χ0) is 17.4. The number of hydrogen-bond donors (Lipinski definition) is 1. The van der Waals surface area contributed by atoms with Crippen LogP contribution in [0.15, 0.2) is 18.2 Å². The summed E-state index contributed by atoms with van der Waals surface area (Å²) in [6, 6.07) is 5.95. The fraction of sp³-hybridized carbons (Fsp3) is 0.684. The fourth-order valence-electron chi connectivity index (χ4n) is 3.41. The smallest absolute Gasteiger partial charge is 0.399 e. The summed E-state index contributed by atoms with van der Waals surface area (Å²) in [7, 11) is -0.643. The Morgan fingerprint density at radius 1 is 1.08 bits per heavy atom. The minimum atomic E-state index is -0.643. The van der Waals surface area contributed by atoms with Crippen molar-refractivity contribution in [2.75, 3.05) is 0 Å². The summed E-state index contributed by atoms with van der Waals surface area (Å²) in [5.74, 6) is -0.253. The van der Waals surface area contributed by atoms with Crippen LogP contribution in [0, 0.1) is 5.82 Å². The Kier molecular flexibility index (Phi) is 6.58. The average molecular weight is 370 g/mol. The van der Waals surface area contributed by atoms with E-state index >= 15 is 0 Å². The van der Waals surface area contributed by atoms with Gasteiger partial charge >= 0.3 is 7.12 Å². The van der Waals surface area contributed by atoms with Crippen molar-refractivity contribution in [2.45, 2.75) is 83.6 Å². The molecule has 0 bridgehead atoms. The van der Waals surface area contributed by atoms with Crippen LogP contribution < -0.4 is 10.8 Å². The molecule has 0 spiro atoms. The number of benzene rings is 1. The van der Waals surface area contributed by atoms with E-state index in [9.17, 15) is 4.39 Å². The molecule has 1 aromatic rings. The first-order valence-corrected chi connectivity index (χ1v) is 9.16. The summed E-state index contributed by atoms with van der Waals surface area (Å²) in [6.07, 6.45) is 6.40. The van der Waals surface area contributed by atoms with Gasteiger partial charge in [-0.1, -0.05) is 31.4 Å². The minimum absolute atomic E-state index is 0. The van der Waals surface area contributed by atoms with Gasteiger partial charge in [0.05, 0.1) is 11.2 Å². The van der Waals surface area contributed by atoms with Crippen LogP contribution in [0.1, 0.15) is 65.4 Å². The van der Waals surface area contributed by atoms with E-state index in [1.807, 2.05) is 33.8 Å². The van der Waals surface area contributed by atoms with Gasteiger partial charge in [-0.05, 0) is 52.2 Å². The van der Waals surface area contributed by atoms with Gasteiger partial charge in [0.1, 0.15) is 5.82 Å². The highest BCUT2D eigenvalue weighted by Gasteiger charge is 2.52. The van der Waals surface area contributed by atoms with E-state index in [0.29, 0.717) is 18.0 Å². The van der Waals surface area contributed by atoms with Gasteiger partial charge in [0.15, 0.2) is 0 Å². The number of rotatable bonds is 4. The molecule has 1 aliphatic carbocycles. The van der Waals surface area contributed by atoms with Crippen LogP contribution in [-0.2, 0) is 15.9 Å². The van der Waals surface area contributed by atoms with Crippen molar-refractivity contribution in [1.82, 2.24) is 5.32 Å². The van der Waals surface area contributed by atoms with Gasteiger partial charge in [-0.2, -0.15) is 0 Å². The summed E-state index contributed by atoms with van der Waals surface area (Å²) in [4.78, 5) is 0. The molecule has 1 saturated heterocycles. The lowest BCUT2D eigenvalue weighted by atomic mass is 9.78. The van der Waals surface area contributed by atoms with Gasteiger partial charge in [0, 0.05) is 18.0 Å². The summed E-state index contributed by atoms with van der Waals surface area (Å²) in [5.41, 5.74) is 0.546. The van der Waals surface area contributed by atoms with Gasteiger partial charge in [-0.3, -0.25) is 0 Å². The monoisotopic (exact) mass is 369 g/mol. The average Bonchev–Trinajstić information content (AvgIpc) is 2.74. The van der Waals surface area contributed by atoms with Crippen LogP contribution in [0.2, 0.25) is 0 Å². The van der Waals surface area contributed by atoms with Gasteiger partial charge < -0.3 is 14.6 Å². The Morgan fingerprint density at radius 3 is 2.24 bits per heavy atom. The van der Waals surface area contributed by atoms with Crippen LogP contribution in [0.3, 0.4) is 0 Å². The van der Waals surface area contributed by atoms with Crippen LogP contribution in [0.5, 0.6) is 0 Å². The molecule has 1 aromatic carbocycles. The maximum Gasteiger partial charge on any atom is 0.497 e. The van der Waals surface area contributed by atoms with Gasteiger partial charge in [0.25, 0.3) is 0 Å². The molecule has 2 aliphatic rings. The minimum Gasteiger partial charge on any atom is -0.399 e. The van der Waals surface area contributed by atoms with Crippen molar-refractivity contribution in [1.29, 1.82) is 0 Å². The molecule has 0 radical (unpaired) electrons. The van der Waals surface area contributed by atoms with E-state index in [4.69, 9.17) is 9.31 Å². The first-order chi connectivity index (χ1) is 11.3. The Hall–Kier alpha value is -0.615. The molecule has 6 heteroatoms. The molecule has 3 nitrogen and oxygen atoms in total. The highest BCUT2D eigenvalue weighted by Crippen LogP contribution is 2.36. The molecule has 3 rings (SSSR count). The van der Waals surface area contributed by atoms with E-state index in [2.05, 4.69) is 5.32 Å². The largest absolute Gasteiger partial charge is 0.497 e. The highest BCUT2D eigenvalue weighted by molar-refractivity contribution is 6.62. The van der Waals surface area contributed by atoms with Gasteiger partial charge in [-0.25, -0.2) is 4.39 Å². The van der Waals surface area contributed by atoms with Crippen molar-refractivity contribution >= 4 is 25.0 Å². The third kappa shape index (κ3) is 4.57. The summed E-state index contributed by atoms with van der Waals surface area (Å²) in [5, 5.41) is 3.55. The van der Waals surface area contributed by atoms with Crippen molar-refractivity contribution < 1.29 is 13.7 Å². The van der Waals surface area contributed by atoms with Crippen LogP contribution in [0.25, 0.3) is 0 Å². The van der Waals surface area contributed by atoms with E-state index in [-0.39, 0.29) is 18.2 Å². The number of halogens is 2. The molecule has 0 aromatic heterocycles. The van der Waals surface area contributed by atoms with E-state index in [0.717, 1.165) is 5.56 Å². The quantitative estimate of drug-likeness (QED) is 0.815. The first-order valence-electron chi connectivity index (χ1n) is 9.16. The van der Waals surface area contributed by atoms with Crippen LogP contribution >= 0.6 is 12.4 Å². The normalized spacial score (nSPS) is 22.7. The standard InChI is InChI=1S/C19H29BFNO2.ClH/c1-18(2)19(3,4)24-20(23-18)16-11-10-14(12-17(16)21)13-22-15-8-6-5-7-9-15;/h10-12,15,22H,5-9,13H2,1-4H3;1H. The third-order valence-electron chi connectivity index (χ3n) is 5.77. The lowest BCUT2D eigenvalue weighted by Gasteiger charge is -2.32. The summed E-state index contributed by atoms with van der Waals surface area (Å²) in [6.45, 7) is 8.63. The number of nitrogens with one attached hydrogen (secondary N) is 1. The molecule has 2 fully saturated rings. The molecular formula is C19H30BClFNO2. The molecule has 0 unspecified atom stereocenters. The number of hydrogen-bond acceptors (Lipinski definition) is 3. The molecule has 0 atom stereocenters.